The summed E-state index contributed by atoms with van der Waals surface area (Å²) in [5.74, 6) is 0.676. The number of aryl methyl sites for hydroxylation is 1. The molecule has 0 aliphatic carbocycles. The molecule has 6 nitrogen and oxygen atoms in total. The van der Waals surface area contributed by atoms with Crippen LogP contribution in [0.3, 0.4) is 0 Å². The van der Waals surface area contributed by atoms with E-state index in [1.165, 1.54) is 0 Å². The zero-order valence-corrected chi connectivity index (χ0v) is 11.7. The van der Waals surface area contributed by atoms with E-state index in [0.29, 0.717) is 5.92 Å². The highest BCUT2D eigenvalue weighted by Gasteiger charge is 2.22. The Labute approximate surface area is 111 Å². The molecule has 0 radical (unpaired) electrons. The van der Waals surface area contributed by atoms with Crippen LogP contribution in [-0.4, -0.2) is 20.9 Å². The first-order valence-electron chi connectivity index (χ1n) is 5.76. The standard InChI is InChI=1S/C11H17ClN4O2/c1-6(2)5-7(3)13-10-9(16(17)18)8(4)14-11(12)15-10/h6-7H,5H2,1-4H3,(H,13,14,15). The van der Waals surface area contributed by atoms with Gasteiger partial charge >= 0.3 is 5.69 Å². The van der Waals surface area contributed by atoms with Crippen molar-refractivity contribution in [2.24, 2.45) is 5.92 Å². The van der Waals surface area contributed by atoms with Gasteiger partial charge in [0.2, 0.25) is 11.1 Å². The molecule has 0 saturated carbocycles. The Morgan fingerprint density at radius 1 is 1.39 bits per heavy atom. The van der Waals surface area contributed by atoms with E-state index in [1.807, 2.05) is 6.92 Å². The minimum atomic E-state index is -0.490. The van der Waals surface area contributed by atoms with Crippen LogP contribution in [0, 0.1) is 23.0 Å². The molecular formula is C11H17ClN4O2. The minimum absolute atomic E-state index is 0.0114. The normalized spacial score (nSPS) is 12.6. The quantitative estimate of drug-likeness (QED) is 0.506. The Kier molecular flexibility index (Phi) is 4.84. The smallest absolute Gasteiger partial charge is 0.332 e. The molecule has 0 bridgehead atoms. The Hall–Kier alpha value is -1.43. The lowest BCUT2D eigenvalue weighted by atomic mass is 10.1. The third-order valence-corrected chi connectivity index (χ3v) is 2.59. The van der Waals surface area contributed by atoms with Crippen LogP contribution >= 0.6 is 11.6 Å². The number of nitro groups is 1. The van der Waals surface area contributed by atoms with Crippen molar-refractivity contribution in [1.82, 2.24) is 9.97 Å². The Morgan fingerprint density at radius 3 is 2.50 bits per heavy atom. The minimum Gasteiger partial charge on any atom is -0.362 e. The summed E-state index contributed by atoms with van der Waals surface area (Å²) in [5, 5.41) is 14.0. The SMILES string of the molecule is Cc1nc(Cl)nc(NC(C)CC(C)C)c1[N+](=O)[O-]. The van der Waals surface area contributed by atoms with Gasteiger partial charge in [-0.3, -0.25) is 10.1 Å². The average molecular weight is 273 g/mol. The van der Waals surface area contributed by atoms with Crippen LogP contribution < -0.4 is 5.32 Å². The van der Waals surface area contributed by atoms with Crippen LogP contribution in [0.1, 0.15) is 32.9 Å². The van der Waals surface area contributed by atoms with Gasteiger partial charge in [0.1, 0.15) is 5.69 Å². The Morgan fingerprint density at radius 2 is 2.00 bits per heavy atom. The third kappa shape index (κ3) is 3.80. The number of hydrogen-bond donors (Lipinski definition) is 1. The molecule has 18 heavy (non-hydrogen) atoms. The second-order valence-corrected chi connectivity index (χ2v) is 5.05. The van der Waals surface area contributed by atoms with Crippen LogP contribution in [0.15, 0.2) is 0 Å². The van der Waals surface area contributed by atoms with Gasteiger partial charge in [-0.25, -0.2) is 4.98 Å². The summed E-state index contributed by atoms with van der Waals surface area (Å²) in [6, 6.07) is 0.0778. The maximum absolute atomic E-state index is 11.0. The maximum Gasteiger partial charge on any atom is 0.332 e. The molecule has 0 aliphatic rings. The van der Waals surface area contributed by atoms with Crippen LogP contribution in [0.5, 0.6) is 0 Å². The van der Waals surface area contributed by atoms with E-state index in [2.05, 4.69) is 29.1 Å². The largest absolute Gasteiger partial charge is 0.362 e. The second-order valence-electron chi connectivity index (χ2n) is 4.71. The number of nitrogens with zero attached hydrogens (tertiary/aromatic N) is 3. The molecule has 1 N–H and O–H groups in total. The average Bonchev–Trinajstić information content (AvgIpc) is 2.12. The van der Waals surface area contributed by atoms with Crippen molar-refractivity contribution in [2.45, 2.75) is 40.2 Å². The molecule has 1 aromatic heterocycles. The van der Waals surface area contributed by atoms with Gasteiger partial charge in [-0.2, -0.15) is 4.98 Å². The molecule has 0 amide bonds. The van der Waals surface area contributed by atoms with Gasteiger partial charge < -0.3 is 5.32 Å². The summed E-state index contributed by atoms with van der Waals surface area (Å²) >= 11 is 5.73. The molecule has 0 saturated heterocycles. The molecule has 7 heteroatoms. The van der Waals surface area contributed by atoms with Crippen molar-refractivity contribution < 1.29 is 4.92 Å². The van der Waals surface area contributed by atoms with Crippen molar-refractivity contribution >= 4 is 23.1 Å². The third-order valence-electron chi connectivity index (χ3n) is 2.42. The predicted molar refractivity (Wildman–Crippen MR) is 71.0 cm³/mol. The first-order chi connectivity index (χ1) is 8.31. The highest BCUT2D eigenvalue weighted by Crippen LogP contribution is 2.27. The summed E-state index contributed by atoms with van der Waals surface area (Å²) in [6.45, 7) is 7.68. The van der Waals surface area contributed by atoms with Crippen LogP contribution in [0.4, 0.5) is 11.5 Å². The molecule has 1 unspecified atom stereocenters. The summed E-state index contributed by atoms with van der Waals surface area (Å²) < 4.78 is 0. The number of halogens is 1. The highest BCUT2D eigenvalue weighted by molar-refractivity contribution is 6.28. The van der Waals surface area contributed by atoms with Crippen molar-refractivity contribution in [3.63, 3.8) is 0 Å². The van der Waals surface area contributed by atoms with Crippen molar-refractivity contribution in [3.8, 4) is 0 Å². The molecule has 0 aliphatic heterocycles. The van der Waals surface area contributed by atoms with E-state index in [9.17, 15) is 10.1 Å². The van der Waals surface area contributed by atoms with E-state index in [-0.39, 0.29) is 28.5 Å². The highest BCUT2D eigenvalue weighted by atomic mass is 35.5. The molecule has 1 aromatic rings. The Bertz CT molecular complexity index is 451. The molecule has 0 spiro atoms. The maximum atomic E-state index is 11.0. The number of anilines is 1. The molecule has 0 aromatic carbocycles. The van der Waals surface area contributed by atoms with E-state index in [1.54, 1.807) is 6.92 Å². The molecule has 1 heterocycles. The molecule has 0 fully saturated rings. The number of aromatic nitrogens is 2. The Balaban J connectivity index is 3.03. The van der Waals surface area contributed by atoms with Crippen molar-refractivity contribution in [2.75, 3.05) is 5.32 Å². The van der Waals surface area contributed by atoms with Crippen LogP contribution in [-0.2, 0) is 0 Å². The fourth-order valence-corrected chi connectivity index (χ4v) is 2.06. The first kappa shape index (κ1) is 14.6. The lowest BCUT2D eigenvalue weighted by molar-refractivity contribution is -0.385. The second kappa shape index (κ2) is 5.95. The number of rotatable bonds is 5. The van der Waals surface area contributed by atoms with Crippen LogP contribution in [0.2, 0.25) is 5.28 Å². The van der Waals surface area contributed by atoms with Gasteiger partial charge in [-0.15, -0.1) is 0 Å². The lowest BCUT2D eigenvalue weighted by Crippen LogP contribution is -2.19. The van der Waals surface area contributed by atoms with Gasteiger partial charge in [0, 0.05) is 6.04 Å². The summed E-state index contributed by atoms with van der Waals surface area (Å²) in [6.07, 6.45) is 0.887. The molecular weight excluding hydrogens is 256 g/mol. The summed E-state index contributed by atoms with van der Waals surface area (Å²) in [5.41, 5.74) is 0.147. The molecule has 1 atom stereocenters. The van der Waals surface area contributed by atoms with E-state index in [0.717, 1.165) is 6.42 Å². The van der Waals surface area contributed by atoms with E-state index < -0.39 is 4.92 Å². The monoisotopic (exact) mass is 272 g/mol. The van der Waals surface area contributed by atoms with Gasteiger partial charge in [0.05, 0.1) is 4.92 Å². The lowest BCUT2D eigenvalue weighted by Gasteiger charge is -2.16. The fraction of sp³-hybridized carbons (Fsp3) is 0.636. The van der Waals surface area contributed by atoms with Crippen molar-refractivity contribution in [3.05, 3.63) is 21.1 Å². The van der Waals surface area contributed by atoms with Crippen molar-refractivity contribution in [1.29, 1.82) is 0 Å². The fourth-order valence-electron chi connectivity index (χ4n) is 1.85. The summed E-state index contributed by atoms with van der Waals surface area (Å²) in [7, 11) is 0. The summed E-state index contributed by atoms with van der Waals surface area (Å²) in [4.78, 5) is 18.2. The number of nitrogens with one attached hydrogen (secondary N) is 1. The van der Waals surface area contributed by atoms with Gasteiger partial charge in [-0.1, -0.05) is 13.8 Å². The molecule has 100 valence electrons. The first-order valence-corrected chi connectivity index (χ1v) is 6.14. The molecule has 1 rings (SSSR count). The zero-order chi connectivity index (χ0) is 13.9. The number of hydrogen-bond acceptors (Lipinski definition) is 5. The van der Waals surface area contributed by atoms with E-state index in [4.69, 9.17) is 11.6 Å². The van der Waals surface area contributed by atoms with Gasteiger partial charge in [0.25, 0.3) is 0 Å². The van der Waals surface area contributed by atoms with Gasteiger partial charge in [-0.05, 0) is 37.8 Å². The predicted octanol–water partition coefficient (Wildman–Crippen LogP) is 3.19. The van der Waals surface area contributed by atoms with E-state index >= 15 is 0 Å². The topological polar surface area (TPSA) is 81.0 Å². The van der Waals surface area contributed by atoms with Gasteiger partial charge in [0.15, 0.2) is 0 Å². The zero-order valence-electron chi connectivity index (χ0n) is 10.9. The van der Waals surface area contributed by atoms with Crippen LogP contribution in [0.25, 0.3) is 0 Å².